The number of halogens is 3. The Labute approximate surface area is 125 Å². The number of nitrogens with one attached hydrogen (secondary N) is 1. The first-order valence-electron chi connectivity index (χ1n) is 5.59. The molecule has 1 N–H and O–H groups in total. The molecular weight excluding hydrogens is 302 g/mol. The van der Waals surface area contributed by atoms with E-state index in [0.29, 0.717) is 21.2 Å². The van der Waals surface area contributed by atoms with Crippen LogP contribution in [0.3, 0.4) is 0 Å². The van der Waals surface area contributed by atoms with Gasteiger partial charge in [-0.1, -0.05) is 23.2 Å². The molecule has 20 heavy (non-hydrogen) atoms. The van der Waals surface area contributed by atoms with Crippen molar-refractivity contribution in [3.05, 3.63) is 69.5 Å². The third-order valence-corrected chi connectivity index (χ3v) is 2.81. The van der Waals surface area contributed by atoms with Crippen LogP contribution in [0.25, 0.3) is 0 Å². The van der Waals surface area contributed by atoms with E-state index in [1.54, 1.807) is 18.2 Å². The van der Waals surface area contributed by atoms with Crippen LogP contribution < -0.4 is 5.43 Å². The van der Waals surface area contributed by atoms with Gasteiger partial charge in [0, 0.05) is 15.6 Å². The minimum Gasteiger partial charge on any atom is -0.267 e. The van der Waals surface area contributed by atoms with E-state index >= 15 is 0 Å². The standard InChI is InChI=1S/C14H9Cl2FN2O/c15-11-5-9(6-12(16)7-11)8-18-19-14(20)10-1-3-13(17)4-2-10/h1-8H,(H,19,20)/b18-8+. The number of benzene rings is 2. The van der Waals surface area contributed by atoms with Crippen LogP contribution in [0.1, 0.15) is 15.9 Å². The molecule has 0 aliphatic heterocycles. The second-order valence-corrected chi connectivity index (χ2v) is 4.78. The summed E-state index contributed by atoms with van der Waals surface area (Å²) < 4.78 is 12.7. The zero-order valence-electron chi connectivity index (χ0n) is 10.1. The van der Waals surface area contributed by atoms with Crippen molar-refractivity contribution < 1.29 is 9.18 Å². The lowest BCUT2D eigenvalue weighted by molar-refractivity contribution is 0.0955. The van der Waals surface area contributed by atoms with Gasteiger partial charge in [0.25, 0.3) is 5.91 Å². The smallest absolute Gasteiger partial charge is 0.267 e. The van der Waals surface area contributed by atoms with Crippen molar-refractivity contribution in [2.45, 2.75) is 0 Å². The number of rotatable bonds is 3. The number of nitrogens with zero attached hydrogens (tertiary/aromatic N) is 1. The van der Waals surface area contributed by atoms with Crippen molar-refractivity contribution in [2.24, 2.45) is 5.10 Å². The molecule has 0 bridgehead atoms. The highest BCUT2D eigenvalue weighted by molar-refractivity contribution is 6.35. The molecule has 2 aromatic carbocycles. The number of hydrogen-bond donors (Lipinski definition) is 1. The van der Waals surface area contributed by atoms with Crippen molar-refractivity contribution in [1.82, 2.24) is 5.43 Å². The van der Waals surface area contributed by atoms with E-state index in [1.165, 1.54) is 30.5 Å². The van der Waals surface area contributed by atoms with Gasteiger partial charge in [-0.3, -0.25) is 4.79 Å². The molecule has 0 heterocycles. The Bertz CT molecular complexity index is 636. The molecule has 0 radical (unpaired) electrons. The van der Waals surface area contributed by atoms with Crippen molar-refractivity contribution in [2.75, 3.05) is 0 Å². The quantitative estimate of drug-likeness (QED) is 0.678. The molecule has 6 heteroatoms. The van der Waals surface area contributed by atoms with Gasteiger partial charge in [0.15, 0.2) is 0 Å². The molecule has 2 rings (SSSR count). The minimum absolute atomic E-state index is 0.313. The number of carbonyl (C=O) groups is 1. The van der Waals surface area contributed by atoms with Crippen LogP contribution in [0.5, 0.6) is 0 Å². The lowest BCUT2D eigenvalue weighted by Crippen LogP contribution is -2.17. The summed E-state index contributed by atoms with van der Waals surface area (Å²) in [4.78, 5) is 11.7. The number of hydrazone groups is 1. The number of carbonyl (C=O) groups excluding carboxylic acids is 1. The van der Waals surface area contributed by atoms with Gasteiger partial charge in [0.05, 0.1) is 6.21 Å². The Balaban J connectivity index is 2.02. The molecule has 102 valence electrons. The molecule has 0 unspecified atom stereocenters. The molecule has 0 fully saturated rings. The monoisotopic (exact) mass is 310 g/mol. The number of hydrogen-bond acceptors (Lipinski definition) is 2. The first kappa shape index (κ1) is 14.5. The summed E-state index contributed by atoms with van der Waals surface area (Å²) >= 11 is 11.7. The third-order valence-electron chi connectivity index (χ3n) is 2.37. The van der Waals surface area contributed by atoms with Crippen LogP contribution in [0.15, 0.2) is 47.6 Å². The topological polar surface area (TPSA) is 41.5 Å². The fourth-order valence-corrected chi connectivity index (χ4v) is 2.02. The van der Waals surface area contributed by atoms with Crippen LogP contribution >= 0.6 is 23.2 Å². The lowest BCUT2D eigenvalue weighted by Gasteiger charge is -2.00. The van der Waals surface area contributed by atoms with Crippen LogP contribution in [0.4, 0.5) is 4.39 Å². The Kier molecular flexibility index (Phi) is 4.71. The molecular formula is C14H9Cl2FN2O. The van der Waals surface area contributed by atoms with Crippen LogP contribution in [0.2, 0.25) is 10.0 Å². The SMILES string of the molecule is O=C(N/N=C/c1cc(Cl)cc(Cl)c1)c1ccc(F)cc1. The summed E-state index contributed by atoms with van der Waals surface area (Å²) in [5.41, 5.74) is 3.29. The average Bonchev–Trinajstić information content (AvgIpc) is 2.38. The van der Waals surface area contributed by atoms with E-state index < -0.39 is 11.7 Å². The molecule has 3 nitrogen and oxygen atoms in total. The van der Waals surface area contributed by atoms with Crippen molar-refractivity contribution in [3.63, 3.8) is 0 Å². The zero-order valence-corrected chi connectivity index (χ0v) is 11.6. The zero-order chi connectivity index (χ0) is 14.5. The molecule has 0 aromatic heterocycles. The van der Waals surface area contributed by atoms with Crippen LogP contribution in [-0.4, -0.2) is 12.1 Å². The molecule has 2 aromatic rings. The highest BCUT2D eigenvalue weighted by Gasteiger charge is 2.03. The van der Waals surface area contributed by atoms with Gasteiger partial charge in [0.2, 0.25) is 0 Å². The fourth-order valence-electron chi connectivity index (χ4n) is 1.48. The fraction of sp³-hybridized carbons (Fsp3) is 0. The summed E-state index contributed by atoms with van der Waals surface area (Å²) in [7, 11) is 0. The molecule has 0 aliphatic rings. The largest absolute Gasteiger partial charge is 0.271 e. The summed E-state index contributed by atoms with van der Waals surface area (Å²) in [6, 6.07) is 10.1. The van der Waals surface area contributed by atoms with E-state index in [9.17, 15) is 9.18 Å². The van der Waals surface area contributed by atoms with E-state index in [1.807, 2.05) is 0 Å². The number of amides is 1. The summed E-state index contributed by atoms with van der Waals surface area (Å²) in [5.74, 6) is -0.840. The second-order valence-electron chi connectivity index (χ2n) is 3.91. The maximum atomic E-state index is 12.7. The van der Waals surface area contributed by atoms with Gasteiger partial charge in [-0.15, -0.1) is 0 Å². The average molecular weight is 311 g/mol. The van der Waals surface area contributed by atoms with Crippen molar-refractivity contribution in [3.8, 4) is 0 Å². The molecule has 0 spiro atoms. The molecule has 0 aliphatic carbocycles. The Hall–Kier alpha value is -1.91. The van der Waals surface area contributed by atoms with E-state index in [0.717, 1.165) is 0 Å². The second kappa shape index (κ2) is 6.50. The highest BCUT2D eigenvalue weighted by atomic mass is 35.5. The molecule has 0 saturated carbocycles. The molecule has 0 atom stereocenters. The molecule has 1 amide bonds. The van der Waals surface area contributed by atoms with E-state index in [-0.39, 0.29) is 0 Å². The first-order valence-corrected chi connectivity index (χ1v) is 6.35. The Morgan fingerprint density at radius 1 is 1.10 bits per heavy atom. The lowest BCUT2D eigenvalue weighted by atomic mass is 10.2. The maximum Gasteiger partial charge on any atom is 0.271 e. The minimum atomic E-state index is -0.436. The van der Waals surface area contributed by atoms with Gasteiger partial charge in [-0.05, 0) is 48.0 Å². The Morgan fingerprint density at radius 3 is 2.30 bits per heavy atom. The van der Waals surface area contributed by atoms with Gasteiger partial charge in [-0.2, -0.15) is 5.10 Å². The van der Waals surface area contributed by atoms with Gasteiger partial charge in [0.1, 0.15) is 5.82 Å². The third kappa shape index (κ3) is 4.05. The predicted molar refractivity (Wildman–Crippen MR) is 77.9 cm³/mol. The van der Waals surface area contributed by atoms with Crippen molar-refractivity contribution in [1.29, 1.82) is 0 Å². The first-order chi connectivity index (χ1) is 9.54. The normalized spacial score (nSPS) is 10.8. The van der Waals surface area contributed by atoms with Gasteiger partial charge < -0.3 is 0 Å². The summed E-state index contributed by atoms with van der Waals surface area (Å²) in [6.45, 7) is 0. The van der Waals surface area contributed by atoms with Gasteiger partial charge in [-0.25, -0.2) is 9.82 Å². The van der Waals surface area contributed by atoms with Gasteiger partial charge >= 0.3 is 0 Å². The summed E-state index contributed by atoms with van der Waals surface area (Å²) in [5, 5.41) is 4.74. The van der Waals surface area contributed by atoms with Crippen LogP contribution in [0, 0.1) is 5.82 Å². The highest BCUT2D eigenvalue weighted by Crippen LogP contribution is 2.17. The maximum absolute atomic E-state index is 12.7. The molecule has 0 saturated heterocycles. The predicted octanol–water partition coefficient (Wildman–Crippen LogP) is 3.90. The van der Waals surface area contributed by atoms with E-state index in [4.69, 9.17) is 23.2 Å². The Morgan fingerprint density at radius 2 is 1.70 bits per heavy atom. The van der Waals surface area contributed by atoms with Crippen molar-refractivity contribution >= 4 is 35.3 Å². The summed E-state index contributed by atoms with van der Waals surface area (Å²) in [6.07, 6.45) is 1.42. The van der Waals surface area contributed by atoms with Crippen LogP contribution in [-0.2, 0) is 0 Å². The van der Waals surface area contributed by atoms with E-state index in [2.05, 4.69) is 10.5 Å².